The lowest BCUT2D eigenvalue weighted by molar-refractivity contribution is 0.775. The molecule has 2 aromatic heterocycles. The van der Waals surface area contributed by atoms with Crippen molar-refractivity contribution in [2.75, 3.05) is 0 Å². The molecule has 2 heterocycles. The molecule has 4 nitrogen and oxygen atoms in total. The van der Waals surface area contributed by atoms with E-state index in [9.17, 15) is 0 Å². The second-order valence-electron chi connectivity index (χ2n) is 3.61. The van der Waals surface area contributed by atoms with Gasteiger partial charge in [-0.1, -0.05) is 13.8 Å². The highest BCUT2D eigenvalue weighted by molar-refractivity contribution is 5.50. The SMILES string of the molecule is CC(C)c1nn2cccnc2c1CN. The minimum atomic E-state index is 0.384. The van der Waals surface area contributed by atoms with Gasteiger partial charge in [0.2, 0.25) is 0 Å². The van der Waals surface area contributed by atoms with Crippen molar-refractivity contribution in [2.45, 2.75) is 26.3 Å². The van der Waals surface area contributed by atoms with Gasteiger partial charge in [0.15, 0.2) is 5.65 Å². The molecule has 4 heteroatoms. The third kappa shape index (κ3) is 1.28. The Morgan fingerprint density at radius 2 is 2.29 bits per heavy atom. The molecule has 0 aliphatic heterocycles. The Balaban J connectivity index is 2.72. The second kappa shape index (κ2) is 3.38. The lowest BCUT2D eigenvalue weighted by atomic mass is 10.1. The van der Waals surface area contributed by atoms with Crippen LogP contribution in [0.3, 0.4) is 0 Å². The monoisotopic (exact) mass is 190 g/mol. The van der Waals surface area contributed by atoms with Gasteiger partial charge in [0.1, 0.15) is 0 Å². The van der Waals surface area contributed by atoms with Crippen molar-refractivity contribution < 1.29 is 0 Å². The molecule has 0 amide bonds. The molecule has 0 aliphatic rings. The number of rotatable bonds is 2. The first-order valence-corrected chi connectivity index (χ1v) is 4.76. The molecule has 0 aromatic carbocycles. The Morgan fingerprint density at radius 3 is 2.93 bits per heavy atom. The predicted molar refractivity (Wildman–Crippen MR) is 55.0 cm³/mol. The Bertz CT molecular complexity index is 444. The molecular weight excluding hydrogens is 176 g/mol. The van der Waals surface area contributed by atoms with Gasteiger partial charge < -0.3 is 5.73 Å². The topological polar surface area (TPSA) is 56.2 Å². The van der Waals surface area contributed by atoms with E-state index in [1.54, 1.807) is 10.7 Å². The molecular formula is C10H14N4. The number of nitrogens with zero attached hydrogens (tertiary/aromatic N) is 3. The summed E-state index contributed by atoms with van der Waals surface area (Å²) in [4.78, 5) is 4.28. The van der Waals surface area contributed by atoms with Crippen LogP contribution in [0.1, 0.15) is 31.0 Å². The fourth-order valence-electron chi connectivity index (χ4n) is 1.61. The van der Waals surface area contributed by atoms with Crippen molar-refractivity contribution in [3.63, 3.8) is 0 Å². The fourth-order valence-corrected chi connectivity index (χ4v) is 1.61. The molecule has 0 fully saturated rings. The molecule has 0 bridgehead atoms. The zero-order valence-corrected chi connectivity index (χ0v) is 8.44. The number of hydrogen-bond acceptors (Lipinski definition) is 3. The molecule has 2 rings (SSSR count). The maximum Gasteiger partial charge on any atom is 0.159 e. The molecule has 0 spiro atoms. The van der Waals surface area contributed by atoms with E-state index in [-0.39, 0.29) is 0 Å². The van der Waals surface area contributed by atoms with Crippen molar-refractivity contribution in [2.24, 2.45) is 5.73 Å². The van der Waals surface area contributed by atoms with E-state index < -0.39 is 0 Å². The summed E-state index contributed by atoms with van der Waals surface area (Å²) >= 11 is 0. The van der Waals surface area contributed by atoms with Crippen molar-refractivity contribution in [1.29, 1.82) is 0 Å². The Hall–Kier alpha value is -1.42. The molecule has 2 aromatic rings. The highest BCUT2D eigenvalue weighted by atomic mass is 15.3. The molecule has 0 saturated carbocycles. The lowest BCUT2D eigenvalue weighted by Crippen LogP contribution is -2.01. The van der Waals surface area contributed by atoms with Crippen LogP contribution in [0.5, 0.6) is 0 Å². The van der Waals surface area contributed by atoms with Crippen LogP contribution in [0, 0.1) is 0 Å². The maximum atomic E-state index is 5.71. The zero-order valence-electron chi connectivity index (χ0n) is 8.44. The Kier molecular flexibility index (Phi) is 2.21. The average molecular weight is 190 g/mol. The van der Waals surface area contributed by atoms with E-state index in [0.29, 0.717) is 12.5 Å². The molecule has 0 saturated heterocycles. The summed E-state index contributed by atoms with van der Waals surface area (Å²) in [5.74, 6) is 0.384. The highest BCUT2D eigenvalue weighted by Gasteiger charge is 2.14. The van der Waals surface area contributed by atoms with E-state index >= 15 is 0 Å². The molecule has 2 N–H and O–H groups in total. The van der Waals surface area contributed by atoms with Gasteiger partial charge in [-0.25, -0.2) is 9.50 Å². The first-order chi connectivity index (χ1) is 6.74. The van der Waals surface area contributed by atoms with Crippen LogP contribution >= 0.6 is 0 Å². The summed E-state index contributed by atoms with van der Waals surface area (Å²) in [5, 5.41) is 4.46. The van der Waals surface area contributed by atoms with E-state index in [1.807, 2.05) is 12.3 Å². The van der Waals surface area contributed by atoms with Crippen LogP contribution in [0.2, 0.25) is 0 Å². The summed E-state index contributed by atoms with van der Waals surface area (Å²) < 4.78 is 1.79. The molecule has 0 atom stereocenters. The van der Waals surface area contributed by atoms with Crippen molar-refractivity contribution in [3.05, 3.63) is 29.7 Å². The summed E-state index contributed by atoms with van der Waals surface area (Å²) in [5.41, 5.74) is 8.68. The van der Waals surface area contributed by atoms with Gasteiger partial charge in [-0.3, -0.25) is 0 Å². The van der Waals surface area contributed by atoms with Crippen LogP contribution in [-0.4, -0.2) is 14.6 Å². The number of nitrogens with two attached hydrogens (primary N) is 1. The predicted octanol–water partition coefficient (Wildman–Crippen LogP) is 1.31. The number of fused-ring (bicyclic) bond motifs is 1. The summed E-state index contributed by atoms with van der Waals surface area (Å²) in [6, 6.07) is 1.87. The third-order valence-electron chi connectivity index (χ3n) is 2.27. The van der Waals surface area contributed by atoms with Gasteiger partial charge >= 0.3 is 0 Å². The molecule has 74 valence electrons. The van der Waals surface area contributed by atoms with E-state index in [2.05, 4.69) is 23.9 Å². The normalized spacial score (nSPS) is 11.4. The van der Waals surface area contributed by atoms with Crippen LogP contribution < -0.4 is 5.73 Å². The largest absolute Gasteiger partial charge is 0.326 e. The van der Waals surface area contributed by atoms with Crippen molar-refractivity contribution >= 4 is 5.65 Å². The average Bonchev–Trinajstić information content (AvgIpc) is 2.56. The summed E-state index contributed by atoms with van der Waals surface area (Å²) in [7, 11) is 0. The minimum absolute atomic E-state index is 0.384. The van der Waals surface area contributed by atoms with Gasteiger partial charge in [-0.15, -0.1) is 0 Å². The van der Waals surface area contributed by atoms with Gasteiger partial charge in [-0.05, 0) is 12.0 Å². The zero-order chi connectivity index (χ0) is 10.1. The Morgan fingerprint density at radius 1 is 1.50 bits per heavy atom. The first kappa shape index (κ1) is 9.15. The number of hydrogen-bond donors (Lipinski definition) is 1. The van der Waals surface area contributed by atoms with Crippen molar-refractivity contribution in [3.8, 4) is 0 Å². The smallest absolute Gasteiger partial charge is 0.159 e. The lowest BCUT2D eigenvalue weighted by Gasteiger charge is -2.01. The quantitative estimate of drug-likeness (QED) is 0.776. The standard InChI is InChI=1S/C10H14N4/c1-7(2)9-8(6-11)10-12-4-3-5-14(10)13-9/h3-5,7H,6,11H2,1-2H3. The summed E-state index contributed by atoms with van der Waals surface area (Å²) in [6.07, 6.45) is 3.66. The van der Waals surface area contributed by atoms with Gasteiger partial charge in [0.25, 0.3) is 0 Å². The van der Waals surface area contributed by atoms with Gasteiger partial charge in [-0.2, -0.15) is 5.10 Å². The van der Waals surface area contributed by atoms with Crippen LogP contribution in [-0.2, 0) is 6.54 Å². The van der Waals surface area contributed by atoms with E-state index in [1.165, 1.54) is 0 Å². The van der Waals surface area contributed by atoms with E-state index in [4.69, 9.17) is 5.73 Å². The summed E-state index contributed by atoms with van der Waals surface area (Å²) in [6.45, 7) is 4.72. The number of aromatic nitrogens is 3. The maximum absolute atomic E-state index is 5.71. The molecule has 0 radical (unpaired) electrons. The molecule has 14 heavy (non-hydrogen) atoms. The second-order valence-corrected chi connectivity index (χ2v) is 3.61. The first-order valence-electron chi connectivity index (χ1n) is 4.76. The van der Waals surface area contributed by atoms with E-state index in [0.717, 1.165) is 16.9 Å². The minimum Gasteiger partial charge on any atom is -0.326 e. The van der Waals surface area contributed by atoms with Gasteiger partial charge in [0, 0.05) is 24.5 Å². The van der Waals surface area contributed by atoms with Crippen LogP contribution in [0.25, 0.3) is 5.65 Å². The van der Waals surface area contributed by atoms with Crippen LogP contribution in [0.15, 0.2) is 18.5 Å². The molecule has 0 unspecified atom stereocenters. The van der Waals surface area contributed by atoms with Gasteiger partial charge in [0.05, 0.1) is 5.69 Å². The highest BCUT2D eigenvalue weighted by Crippen LogP contribution is 2.20. The Labute approximate surface area is 82.8 Å². The third-order valence-corrected chi connectivity index (χ3v) is 2.27. The fraction of sp³-hybridized carbons (Fsp3) is 0.400. The van der Waals surface area contributed by atoms with Crippen LogP contribution in [0.4, 0.5) is 0 Å². The molecule has 0 aliphatic carbocycles. The van der Waals surface area contributed by atoms with Crippen molar-refractivity contribution in [1.82, 2.24) is 14.6 Å².